The van der Waals surface area contributed by atoms with E-state index in [9.17, 15) is 4.79 Å². The van der Waals surface area contributed by atoms with Crippen molar-refractivity contribution in [2.24, 2.45) is 5.73 Å². The van der Waals surface area contributed by atoms with Crippen LogP contribution in [0.25, 0.3) is 0 Å². The summed E-state index contributed by atoms with van der Waals surface area (Å²) < 4.78 is 5.18. The summed E-state index contributed by atoms with van der Waals surface area (Å²) in [6.07, 6.45) is 3.09. The molecule has 1 fully saturated rings. The van der Waals surface area contributed by atoms with E-state index < -0.39 is 0 Å². The Bertz CT molecular complexity index is 156. The average Bonchev–Trinajstić information content (AvgIpc) is 2.65. The van der Waals surface area contributed by atoms with Crippen LogP contribution in [0.2, 0.25) is 0 Å². The maximum absolute atomic E-state index is 11.4. The van der Waals surface area contributed by atoms with Gasteiger partial charge in [-0.25, -0.2) is 0 Å². The van der Waals surface area contributed by atoms with Crippen molar-refractivity contribution in [1.82, 2.24) is 4.90 Å². The first-order chi connectivity index (χ1) is 6.34. The Morgan fingerprint density at radius 2 is 2.08 bits per heavy atom. The highest BCUT2D eigenvalue weighted by atomic mass is 16.5. The Kier molecular flexibility index (Phi) is 4.78. The van der Waals surface area contributed by atoms with Gasteiger partial charge in [-0.1, -0.05) is 0 Å². The smallest absolute Gasteiger partial charge is 0.248 e. The Hall–Kier alpha value is -0.610. The fourth-order valence-electron chi connectivity index (χ4n) is 1.40. The van der Waals surface area contributed by atoms with Crippen molar-refractivity contribution < 1.29 is 9.53 Å². The van der Waals surface area contributed by atoms with E-state index in [1.807, 2.05) is 4.90 Å². The first-order valence-corrected chi connectivity index (χ1v) is 4.90. The number of hydrogen-bond acceptors (Lipinski definition) is 3. The zero-order valence-electron chi connectivity index (χ0n) is 8.00. The van der Waals surface area contributed by atoms with E-state index in [2.05, 4.69) is 0 Å². The van der Waals surface area contributed by atoms with E-state index in [4.69, 9.17) is 10.5 Å². The van der Waals surface area contributed by atoms with Gasteiger partial charge in [-0.2, -0.15) is 0 Å². The molecule has 1 aliphatic rings. The lowest BCUT2D eigenvalue weighted by Crippen LogP contribution is -2.31. The highest BCUT2D eigenvalue weighted by Gasteiger charge is 2.17. The molecule has 0 saturated carbocycles. The van der Waals surface area contributed by atoms with Gasteiger partial charge in [0.05, 0.1) is 0 Å². The third-order valence-corrected chi connectivity index (χ3v) is 2.18. The van der Waals surface area contributed by atoms with Crippen molar-refractivity contribution in [3.63, 3.8) is 0 Å². The second-order valence-corrected chi connectivity index (χ2v) is 3.28. The molecule has 0 aliphatic carbocycles. The summed E-state index contributed by atoms with van der Waals surface area (Å²) in [4.78, 5) is 13.2. The summed E-state index contributed by atoms with van der Waals surface area (Å²) in [5, 5.41) is 0. The molecule has 0 atom stereocenters. The molecular weight excluding hydrogens is 168 g/mol. The number of carbonyl (C=O) groups excluding carboxylic acids is 1. The summed E-state index contributed by atoms with van der Waals surface area (Å²) in [6.45, 7) is 3.24. The Labute approximate surface area is 79.0 Å². The summed E-state index contributed by atoms with van der Waals surface area (Å²) in [5.41, 5.74) is 5.29. The molecule has 0 aromatic carbocycles. The SMILES string of the molecule is NCCCOCC(=O)N1CCCC1. The molecule has 0 radical (unpaired) electrons. The van der Waals surface area contributed by atoms with E-state index in [1.54, 1.807) is 0 Å². The maximum Gasteiger partial charge on any atom is 0.248 e. The van der Waals surface area contributed by atoms with E-state index in [0.29, 0.717) is 13.2 Å². The van der Waals surface area contributed by atoms with Crippen LogP contribution >= 0.6 is 0 Å². The average molecular weight is 186 g/mol. The zero-order chi connectivity index (χ0) is 9.52. The molecule has 4 nitrogen and oxygen atoms in total. The lowest BCUT2D eigenvalue weighted by atomic mass is 10.4. The van der Waals surface area contributed by atoms with Gasteiger partial charge in [0, 0.05) is 19.7 Å². The van der Waals surface area contributed by atoms with Crippen LogP contribution in [0.1, 0.15) is 19.3 Å². The number of amides is 1. The van der Waals surface area contributed by atoms with Gasteiger partial charge >= 0.3 is 0 Å². The molecule has 1 rings (SSSR count). The van der Waals surface area contributed by atoms with Crippen LogP contribution in [0, 0.1) is 0 Å². The van der Waals surface area contributed by atoms with Crippen LogP contribution in [0.15, 0.2) is 0 Å². The fourth-order valence-corrected chi connectivity index (χ4v) is 1.40. The standard InChI is InChI=1S/C9H18N2O2/c10-4-3-7-13-8-9(12)11-5-1-2-6-11/h1-8,10H2. The number of ether oxygens (including phenoxy) is 1. The molecule has 13 heavy (non-hydrogen) atoms. The van der Waals surface area contributed by atoms with Crippen molar-refractivity contribution in [1.29, 1.82) is 0 Å². The van der Waals surface area contributed by atoms with Crippen LogP contribution in [0.3, 0.4) is 0 Å². The molecule has 0 spiro atoms. The van der Waals surface area contributed by atoms with Gasteiger partial charge in [-0.15, -0.1) is 0 Å². The quantitative estimate of drug-likeness (QED) is 0.614. The number of hydrogen-bond donors (Lipinski definition) is 1. The lowest BCUT2D eigenvalue weighted by Gasteiger charge is -2.14. The molecular formula is C9H18N2O2. The molecule has 1 amide bonds. The Morgan fingerprint density at radius 3 is 2.69 bits per heavy atom. The minimum absolute atomic E-state index is 0.120. The number of nitrogens with two attached hydrogens (primary N) is 1. The Balaban J connectivity index is 2.03. The molecule has 1 aliphatic heterocycles. The Morgan fingerprint density at radius 1 is 1.38 bits per heavy atom. The molecule has 0 unspecified atom stereocenters. The zero-order valence-corrected chi connectivity index (χ0v) is 8.00. The van der Waals surface area contributed by atoms with Gasteiger partial charge in [-0.3, -0.25) is 4.79 Å². The van der Waals surface area contributed by atoms with Gasteiger partial charge in [0.25, 0.3) is 0 Å². The topological polar surface area (TPSA) is 55.6 Å². The van der Waals surface area contributed by atoms with Crippen LogP contribution in [0.4, 0.5) is 0 Å². The monoisotopic (exact) mass is 186 g/mol. The van der Waals surface area contributed by atoms with Crippen molar-refractivity contribution in [2.45, 2.75) is 19.3 Å². The van der Waals surface area contributed by atoms with Crippen LogP contribution in [-0.4, -0.2) is 43.7 Å². The van der Waals surface area contributed by atoms with E-state index >= 15 is 0 Å². The third-order valence-electron chi connectivity index (χ3n) is 2.18. The minimum atomic E-state index is 0.120. The van der Waals surface area contributed by atoms with Crippen molar-refractivity contribution >= 4 is 5.91 Å². The summed E-state index contributed by atoms with van der Waals surface area (Å²) >= 11 is 0. The predicted octanol–water partition coefficient (Wildman–Crippen LogP) is -0.0258. The number of likely N-dealkylation sites (tertiary alicyclic amines) is 1. The number of rotatable bonds is 5. The van der Waals surface area contributed by atoms with E-state index in [0.717, 1.165) is 32.4 Å². The van der Waals surface area contributed by atoms with Crippen molar-refractivity contribution in [2.75, 3.05) is 32.8 Å². The summed E-state index contributed by atoms with van der Waals surface area (Å²) in [5.74, 6) is 0.120. The van der Waals surface area contributed by atoms with Crippen LogP contribution in [-0.2, 0) is 9.53 Å². The fraction of sp³-hybridized carbons (Fsp3) is 0.889. The molecule has 4 heteroatoms. The first-order valence-electron chi connectivity index (χ1n) is 4.90. The van der Waals surface area contributed by atoms with E-state index in [-0.39, 0.29) is 12.5 Å². The highest BCUT2D eigenvalue weighted by Crippen LogP contribution is 2.07. The largest absolute Gasteiger partial charge is 0.372 e. The van der Waals surface area contributed by atoms with Gasteiger partial charge in [0.1, 0.15) is 6.61 Å². The molecule has 0 aromatic heterocycles. The van der Waals surface area contributed by atoms with Crippen LogP contribution in [0.5, 0.6) is 0 Å². The second-order valence-electron chi connectivity index (χ2n) is 3.28. The van der Waals surface area contributed by atoms with Crippen molar-refractivity contribution in [3.05, 3.63) is 0 Å². The molecule has 1 heterocycles. The van der Waals surface area contributed by atoms with Crippen LogP contribution < -0.4 is 5.73 Å². The summed E-state index contributed by atoms with van der Waals surface area (Å²) in [7, 11) is 0. The third kappa shape index (κ3) is 3.74. The normalized spacial score (nSPS) is 16.5. The second kappa shape index (κ2) is 5.94. The molecule has 2 N–H and O–H groups in total. The van der Waals surface area contributed by atoms with Gasteiger partial charge < -0.3 is 15.4 Å². The molecule has 0 bridgehead atoms. The highest BCUT2D eigenvalue weighted by molar-refractivity contribution is 5.77. The van der Waals surface area contributed by atoms with E-state index in [1.165, 1.54) is 0 Å². The number of nitrogens with zero attached hydrogens (tertiary/aromatic N) is 1. The number of carbonyl (C=O) groups is 1. The van der Waals surface area contributed by atoms with Crippen molar-refractivity contribution in [3.8, 4) is 0 Å². The maximum atomic E-state index is 11.4. The molecule has 1 saturated heterocycles. The van der Waals surface area contributed by atoms with Gasteiger partial charge in [0.2, 0.25) is 5.91 Å². The summed E-state index contributed by atoms with van der Waals surface area (Å²) in [6, 6.07) is 0. The molecule has 0 aromatic rings. The van der Waals surface area contributed by atoms with Gasteiger partial charge in [-0.05, 0) is 25.8 Å². The first kappa shape index (κ1) is 10.5. The molecule has 76 valence electrons. The predicted molar refractivity (Wildman–Crippen MR) is 50.3 cm³/mol. The minimum Gasteiger partial charge on any atom is -0.372 e. The lowest BCUT2D eigenvalue weighted by molar-refractivity contribution is -0.135. The van der Waals surface area contributed by atoms with Gasteiger partial charge in [0.15, 0.2) is 0 Å².